The third kappa shape index (κ3) is 6.41. The van der Waals surface area contributed by atoms with Crippen molar-refractivity contribution in [1.82, 2.24) is 9.97 Å². The van der Waals surface area contributed by atoms with E-state index in [2.05, 4.69) is 20.6 Å². The topological polar surface area (TPSA) is 118 Å². The smallest absolute Gasteiger partial charge is 0.234 e. The molecule has 2 aromatic heterocycles. The lowest BCUT2D eigenvalue weighted by Crippen LogP contribution is -2.14. The molecular formula is C22H20N4O4S4. The standard InChI is InChI=1S/C22H20N4O4S4/c1-13-3-5-14(6-4-13)23-20(28)12-32-22-24-15(11-31-22)9-19(27)26-21-25-17-8-7-16(34(2,29)30)10-18(17)33-21/h3-8,10-11H,9,12H2,1-2H3,(H,23,28)(H,25,26,27). The molecule has 0 bridgehead atoms. The zero-order valence-electron chi connectivity index (χ0n) is 18.2. The summed E-state index contributed by atoms with van der Waals surface area (Å²) in [5, 5.41) is 7.76. The lowest BCUT2D eigenvalue weighted by atomic mass is 10.2. The maximum atomic E-state index is 12.4. The zero-order valence-corrected chi connectivity index (χ0v) is 21.5. The highest BCUT2D eigenvalue weighted by Gasteiger charge is 2.14. The Balaban J connectivity index is 1.30. The van der Waals surface area contributed by atoms with Gasteiger partial charge in [-0.05, 0) is 37.3 Å². The minimum atomic E-state index is -3.32. The number of hydrogen-bond donors (Lipinski definition) is 2. The van der Waals surface area contributed by atoms with E-state index in [9.17, 15) is 18.0 Å². The summed E-state index contributed by atoms with van der Waals surface area (Å²) in [5.74, 6) is -0.187. The molecule has 4 rings (SSSR count). The molecule has 2 heterocycles. The fourth-order valence-electron chi connectivity index (χ4n) is 2.91. The van der Waals surface area contributed by atoms with Crippen LogP contribution < -0.4 is 10.6 Å². The van der Waals surface area contributed by atoms with Gasteiger partial charge in [0.15, 0.2) is 19.3 Å². The molecule has 0 unspecified atom stereocenters. The van der Waals surface area contributed by atoms with Crippen molar-refractivity contribution in [2.75, 3.05) is 22.6 Å². The molecule has 2 N–H and O–H groups in total. The molecule has 0 aliphatic heterocycles. The minimum Gasteiger partial charge on any atom is -0.325 e. The number of amides is 2. The van der Waals surface area contributed by atoms with Crippen molar-refractivity contribution in [3.63, 3.8) is 0 Å². The second-order valence-corrected chi connectivity index (χ2v) is 12.6. The molecule has 34 heavy (non-hydrogen) atoms. The number of nitrogens with zero attached hydrogens (tertiary/aromatic N) is 2. The van der Waals surface area contributed by atoms with E-state index in [0.717, 1.165) is 17.5 Å². The number of rotatable bonds is 8. The Labute approximate surface area is 208 Å². The maximum absolute atomic E-state index is 12.4. The van der Waals surface area contributed by atoms with Gasteiger partial charge in [0.05, 0.1) is 33.0 Å². The van der Waals surface area contributed by atoms with Crippen LogP contribution in [0.4, 0.5) is 10.8 Å². The lowest BCUT2D eigenvalue weighted by Gasteiger charge is -2.04. The van der Waals surface area contributed by atoms with Crippen molar-refractivity contribution in [3.05, 3.63) is 59.1 Å². The molecule has 0 spiro atoms. The highest BCUT2D eigenvalue weighted by molar-refractivity contribution is 8.01. The summed E-state index contributed by atoms with van der Waals surface area (Å²) in [4.78, 5) is 33.6. The summed E-state index contributed by atoms with van der Waals surface area (Å²) >= 11 is 3.90. The summed E-state index contributed by atoms with van der Waals surface area (Å²) in [6.07, 6.45) is 1.21. The Morgan fingerprint density at radius 1 is 1.03 bits per heavy atom. The van der Waals surface area contributed by atoms with Crippen molar-refractivity contribution in [2.45, 2.75) is 22.6 Å². The van der Waals surface area contributed by atoms with Crippen LogP contribution in [0, 0.1) is 6.92 Å². The fourth-order valence-corrected chi connectivity index (χ4v) is 6.20. The SMILES string of the molecule is Cc1ccc(NC(=O)CSc2nc(CC(=O)Nc3nc4ccc(S(C)(=O)=O)cc4s3)cs2)cc1. The number of hydrogen-bond acceptors (Lipinski definition) is 9. The van der Waals surface area contributed by atoms with Crippen molar-refractivity contribution >= 4 is 77.1 Å². The van der Waals surface area contributed by atoms with E-state index in [-0.39, 0.29) is 28.9 Å². The van der Waals surface area contributed by atoms with Gasteiger partial charge < -0.3 is 10.6 Å². The Kier molecular flexibility index (Phi) is 7.31. The first kappa shape index (κ1) is 24.3. The third-order valence-corrected chi connectivity index (χ3v) is 8.68. The van der Waals surface area contributed by atoms with Gasteiger partial charge >= 0.3 is 0 Å². The van der Waals surface area contributed by atoms with E-state index < -0.39 is 9.84 Å². The van der Waals surface area contributed by atoms with Gasteiger partial charge in [-0.3, -0.25) is 9.59 Å². The van der Waals surface area contributed by atoms with Crippen molar-refractivity contribution in [3.8, 4) is 0 Å². The molecule has 2 aromatic carbocycles. The van der Waals surface area contributed by atoms with E-state index in [1.54, 1.807) is 17.5 Å². The first-order chi connectivity index (χ1) is 16.2. The number of benzene rings is 2. The van der Waals surface area contributed by atoms with Crippen LogP contribution in [0.2, 0.25) is 0 Å². The number of sulfone groups is 1. The summed E-state index contributed by atoms with van der Waals surface area (Å²) < 4.78 is 24.8. The summed E-state index contributed by atoms with van der Waals surface area (Å²) in [7, 11) is -3.32. The van der Waals surface area contributed by atoms with Crippen molar-refractivity contribution in [1.29, 1.82) is 0 Å². The highest BCUT2D eigenvalue weighted by Crippen LogP contribution is 2.28. The van der Waals surface area contributed by atoms with Gasteiger partial charge in [0, 0.05) is 17.3 Å². The maximum Gasteiger partial charge on any atom is 0.234 e. The number of fused-ring (bicyclic) bond motifs is 1. The van der Waals surface area contributed by atoms with Crippen molar-refractivity contribution in [2.24, 2.45) is 0 Å². The molecule has 8 nitrogen and oxygen atoms in total. The second kappa shape index (κ2) is 10.2. The Morgan fingerprint density at radius 3 is 2.53 bits per heavy atom. The molecule has 0 atom stereocenters. The quantitative estimate of drug-likeness (QED) is 0.323. The van der Waals surface area contributed by atoms with E-state index in [1.807, 2.05) is 31.2 Å². The summed E-state index contributed by atoms with van der Waals surface area (Å²) in [6.45, 7) is 1.98. The molecule has 2 amide bonds. The van der Waals surface area contributed by atoms with Crippen LogP contribution in [0.5, 0.6) is 0 Å². The molecule has 0 radical (unpaired) electrons. The first-order valence-corrected chi connectivity index (χ1v) is 14.6. The molecule has 0 aliphatic carbocycles. The van der Waals surface area contributed by atoms with Crippen LogP contribution in [0.1, 0.15) is 11.3 Å². The number of anilines is 2. The first-order valence-electron chi connectivity index (χ1n) is 10.00. The number of aromatic nitrogens is 2. The average Bonchev–Trinajstić information content (AvgIpc) is 3.38. The largest absolute Gasteiger partial charge is 0.325 e. The van der Waals surface area contributed by atoms with Gasteiger partial charge in [-0.15, -0.1) is 11.3 Å². The molecular weight excluding hydrogens is 513 g/mol. The molecule has 0 fully saturated rings. The van der Waals surface area contributed by atoms with Crippen LogP contribution in [-0.2, 0) is 25.8 Å². The lowest BCUT2D eigenvalue weighted by molar-refractivity contribution is -0.116. The number of carbonyl (C=O) groups excluding carboxylic acids is 2. The minimum absolute atomic E-state index is 0.0666. The Hall–Kier alpha value is -2.80. The van der Waals surface area contributed by atoms with Gasteiger partial charge in [0.1, 0.15) is 0 Å². The molecule has 12 heteroatoms. The van der Waals surface area contributed by atoms with E-state index in [0.29, 0.717) is 25.4 Å². The summed E-state index contributed by atoms with van der Waals surface area (Å²) in [6, 6.07) is 12.2. The van der Waals surface area contributed by atoms with Crippen LogP contribution in [0.25, 0.3) is 10.2 Å². The number of thiazole rings is 2. The third-order valence-electron chi connectivity index (χ3n) is 4.57. The molecule has 4 aromatic rings. The average molecular weight is 533 g/mol. The van der Waals surface area contributed by atoms with Crippen molar-refractivity contribution < 1.29 is 18.0 Å². The predicted octanol–water partition coefficient (Wildman–Crippen LogP) is 4.38. The van der Waals surface area contributed by atoms with Crippen LogP contribution in [0.3, 0.4) is 0 Å². The molecule has 0 saturated heterocycles. The van der Waals surface area contributed by atoms with Gasteiger partial charge in [-0.25, -0.2) is 18.4 Å². The van der Waals surface area contributed by atoms with Gasteiger partial charge in [0.25, 0.3) is 0 Å². The van der Waals surface area contributed by atoms with Gasteiger partial charge in [0.2, 0.25) is 11.8 Å². The Bertz CT molecular complexity index is 1460. The van der Waals surface area contributed by atoms with E-state index >= 15 is 0 Å². The van der Waals surface area contributed by atoms with Gasteiger partial charge in [-0.1, -0.05) is 40.8 Å². The fraction of sp³-hybridized carbons (Fsp3) is 0.182. The summed E-state index contributed by atoms with van der Waals surface area (Å²) in [5.41, 5.74) is 3.08. The highest BCUT2D eigenvalue weighted by atomic mass is 32.2. The number of carbonyl (C=O) groups is 2. The normalized spacial score (nSPS) is 11.5. The van der Waals surface area contributed by atoms with E-state index in [4.69, 9.17) is 0 Å². The van der Waals surface area contributed by atoms with Crippen LogP contribution in [-0.4, -0.2) is 42.2 Å². The number of nitrogens with one attached hydrogen (secondary N) is 2. The molecule has 176 valence electrons. The molecule has 0 saturated carbocycles. The zero-order chi connectivity index (χ0) is 24.3. The predicted molar refractivity (Wildman–Crippen MR) is 138 cm³/mol. The Morgan fingerprint density at radius 2 is 1.79 bits per heavy atom. The van der Waals surface area contributed by atoms with Crippen LogP contribution in [0.15, 0.2) is 57.1 Å². The van der Waals surface area contributed by atoms with E-state index in [1.165, 1.54) is 40.5 Å². The van der Waals surface area contributed by atoms with Crippen LogP contribution >= 0.6 is 34.4 Å². The number of aryl methyl sites for hydroxylation is 1. The molecule has 0 aliphatic rings. The second-order valence-electron chi connectivity index (χ2n) is 7.45. The monoisotopic (exact) mass is 532 g/mol. The van der Waals surface area contributed by atoms with Gasteiger partial charge in [-0.2, -0.15) is 0 Å². The number of thioether (sulfide) groups is 1.